The van der Waals surface area contributed by atoms with Crippen LogP contribution in [-0.4, -0.2) is 11.1 Å². The minimum absolute atomic E-state index is 0.282. The zero-order chi connectivity index (χ0) is 14.0. The number of nitrogens with zero attached hydrogens (tertiary/aromatic N) is 1. The lowest BCUT2D eigenvalue weighted by atomic mass is 10.1. The quantitative estimate of drug-likeness (QED) is 0.904. The maximum Gasteiger partial charge on any atom is 0.418 e. The largest absolute Gasteiger partial charge is 0.418 e. The van der Waals surface area contributed by atoms with Crippen LogP contribution in [0.15, 0.2) is 24.4 Å². The summed E-state index contributed by atoms with van der Waals surface area (Å²) >= 11 is 0. The molecule has 0 atom stereocenters. The van der Waals surface area contributed by atoms with Crippen LogP contribution in [0.25, 0.3) is 10.9 Å². The van der Waals surface area contributed by atoms with Crippen LogP contribution in [0.3, 0.4) is 0 Å². The number of hydrogen-bond donors (Lipinski definition) is 1. The summed E-state index contributed by atoms with van der Waals surface area (Å²) in [5.74, 6) is 0. The Bertz CT molecular complexity index is 570. The highest BCUT2D eigenvalue weighted by molar-refractivity contribution is 5.87. The number of nitrogens with two attached hydrogens (primary N) is 1. The molecule has 0 spiro atoms. The molecule has 2 aromatic rings. The normalized spacial score (nSPS) is 12.3. The molecule has 2 nitrogen and oxygen atoms in total. The van der Waals surface area contributed by atoms with Gasteiger partial charge in [0.25, 0.3) is 0 Å². The molecular weight excluding hydrogens is 253 g/mol. The molecule has 19 heavy (non-hydrogen) atoms. The number of alkyl halides is 3. The second-order valence-corrected chi connectivity index (χ2v) is 4.53. The predicted molar refractivity (Wildman–Crippen MR) is 70.0 cm³/mol. The van der Waals surface area contributed by atoms with Gasteiger partial charge in [-0.1, -0.05) is 12.1 Å². The molecule has 0 aliphatic rings. The van der Waals surface area contributed by atoms with Crippen LogP contribution in [-0.2, 0) is 19.1 Å². The van der Waals surface area contributed by atoms with Crippen molar-refractivity contribution in [2.45, 2.75) is 32.5 Å². The molecule has 2 rings (SSSR count). The molecule has 0 saturated carbocycles. The van der Waals surface area contributed by atoms with Gasteiger partial charge in [0.2, 0.25) is 0 Å². The molecule has 0 aliphatic carbocycles. The van der Waals surface area contributed by atoms with E-state index in [1.807, 2.05) is 13.1 Å². The van der Waals surface area contributed by atoms with Gasteiger partial charge in [0.1, 0.15) is 0 Å². The van der Waals surface area contributed by atoms with Crippen LogP contribution in [0.2, 0.25) is 0 Å². The smallest absolute Gasteiger partial charge is 0.347 e. The monoisotopic (exact) mass is 270 g/mol. The predicted octanol–water partition coefficient (Wildman–Crippen LogP) is 3.57. The molecule has 0 bridgehead atoms. The van der Waals surface area contributed by atoms with Crippen LogP contribution in [0.1, 0.15) is 24.5 Å². The number of aromatic nitrogens is 1. The molecular formula is C14H17F3N2. The third-order valence-corrected chi connectivity index (χ3v) is 3.28. The van der Waals surface area contributed by atoms with Crippen molar-refractivity contribution in [2.24, 2.45) is 5.73 Å². The topological polar surface area (TPSA) is 30.9 Å². The summed E-state index contributed by atoms with van der Waals surface area (Å²) in [5, 5.41) is 0.685. The van der Waals surface area contributed by atoms with E-state index in [0.717, 1.165) is 18.1 Å². The van der Waals surface area contributed by atoms with E-state index >= 15 is 0 Å². The first-order valence-corrected chi connectivity index (χ1v) is 6.37. The van der Waals surface area contributed by atoms with E-state index in [1.54, 1.807) is 10.6 Å². The number of halogens is 3. The maximum absolute atomic E-state index is 13.1. The second-order valence-electron chi connectivity index (χ2n) is 4.53. The minimum Gasteiger partial charge on any atom is -0.347 e. The maximum atomic E-state index is 13.1. The molecule has 2 N–H and O–H groups in total. The Labute approximate surface area is 110 Å². The van der Waals surface area contributed by atoms with Gasteiger partial charge in [0.05, 0.1) is 11.1 Å². The number of hydrogen-bond acceptors (Lipinski definition) is 1. The molecule has 0 radical (unpaired) electrons. The summed E-state index contributed by atoms with van der Waals surface area (Å²) in [6.07, 6.45) is -1.02. The summed E-state index contributed by atoms with van der Waals surface area (Å²) in [6, 6.07) is 4.36. The molecule has 5 heteroatoms. The van der Waals surface area contributed by atoms with Crippen molar-refractivity contribution in [2.75, 3.05) is 6.54 Å². The fraction of sp³-hybridized carbons (Fsp3) is 0.429. The van der Waals surface area contributed by atoms with E-state index in [1.165, 1.54) is 6.07 Å². The Balaban J connectivity index is 2.64. The Kier molecular flexibility index (Phi) is 3.85. The van der Waals surface area contributed by atoms with Gasteiger partial charge in [0.15, 0.2) is 0 Å². The lowest BCUT2D eigenvalue weighted by Crippen LogP contribution is -2.08. The first kappa shape index (κ1) is 13.9. The Hall–Kier alpha value is -1.49. The first-order chi connectivity index (χ1) is 8.99. The van der Waals surface area contributed by atoms with Crippen LogP contribution in [0.4, 0.5) is 13.2 Å². The fourth-order valence-corrected chi connectivity index (χ4v) is 2.40. The molecule has 0 aliphatic heterocycles. The van der Waals surface area contributed by atoms with E-state index in [-0.39, 0.29) is 5.52 Å². The highest BCUT2D eigenvalue weighted by Crippen LogP contribution is 2.36. The Morgan fingerprint density at radius 1 is 1.26 bits per heavy atom. The van der Waals surface area contributed by atoms with E-state index < -0.39 is 11.7 Å². The van der Waals surface area contributed by atoms with Gasteiger partial charge in [-0.05, 0) is 37.9 Å². The zero-order valence-corrected chi connectivity index (χ0v) is 10.8. The van der Waals surface area contributed by atoms with E-state index in [4.69, 9.17) is 5.73 Å². The standard InChI is InChI=1S/C14H17F3N2/c1-2-19-9-10(5-4-8-18)11-6-3-7-12(13(11)19)14(15,16)17/h3,6-7,9H,2,4-5,8,18H2,1H3. The van der Waals surface area contributed by atoms with Crippen molar-refractivity contribution in [3.05, 3.63) is 35.5 Å². The summed E-state index contributed by atoms with van der Waals surface area (Å²) < 4.78 is 40.9. The van der Waals surface area contributed by atoms with Gasteiger partial charge in [-0.2, -0.15) is 13.2 Å². The summed E-state index contributed by atoms with van der Waals surface area (Å²) in [6.45, 7) is 2.91. The average Bonchev–Trinajstić information content (AvgIpc) is 2.73. The average molecular weight is 270 g/mol. The molecule has 104 valence electrons. The number of para-hydroxylation sites is 1. The molecule has 0 saturated heterocycles. The van der Waals surface area contributed by atoms with E-state index in [9.17, 15) is 13.2 Å². The number of aryl methyl sites for hydroxylation is 2. The second kappa shape index (κ2) is 5.25. The number of benzene rings is 1. The van der Waals surface area contributed by atoms with Gasteiger partial charge in [-0.3, -0.25) is 0 Å². The third-order valence-electron chi connectivity index (χ3n) is 3.28. The lowest BCUT2D eigenvalue weighted by molar-refractivity contribution is -0.136. The van der Waals surface area contributed by atoms with Crippen molar-refractivity contribution >= 4 is 10.9 Å². The van der Waals surface area contributed by atoms with Crippen LogP contribution >= 0.6 is 0 Å². The zero-order valence-electron chi connectivity index (χ0n) is 10.8. The van der Waals surface area contributed by atoms with Crippen molar-refractivity contribution in [1.29, 1.82) is 0 Å². The third kappa shape index (κ3) is 2.61. The molecule has 0 amide bonds. The van der Waals surface area contributed by atoms with Gasteiger partial charge < -0.3 is 10.3 Å². The van der Waals surface area contributed by atoms with Crippen LogP contribution < -0.4 is 5.73 Å². The number of fused-ring (bicyclic) bond motifs is 1. The Morgan fingerprint density at radius 3 is 2.58 bits per heavy atom. The van der Waals surface area contributed by atoms with Crippen LogP contribution in [0.5, 0.6) is 0 Å². The van der Waals surface area contributed by atoms with Crippen molar-refractivity contribution in [3.63, 3.8) is 0 Å². The fourth-order valence-electron chi connectivity index (χ4n) is 2.40. The van der Waals surface area contributed by atoms with Gasteiger partial charge in [-0.15, -0.1) is 0 Å². The summed E-state index contributed by atoms with van der Waals surface area (Å²) in [5.41, 5.74) is 6.13. The summed E-state index contributed by atoms with van der Waals surface area (Å²) in [4.78, 5) is 0. The SMILES string of the molecule is CCn1cc(CCCN)c2cccc(C(F)(F)F)c21. The minimum atomic E-state index is -4.32. The van der Waals surface area contributed by atoms with Gasteiger partial charge >= 0.3 is 6.18 Å². The van der Waals surface area contributed by atoms with E-state index in [2.05, 4.69) is 0 Å². The van der Waals surface area contributed by atoms with Gasteiger partial charge in [-0.25, -0.2) is 0 Å². The molecule has 0 unspecified atom stereocenters. The van der Waals surface area contributed by atoms with E-state index in [0.29, 0.717) is 24.9 Å². The Morgan fingerprint density at radius 2 is 2.00 bits per heavy atom. The van der Waals surface area contributed by atoms with Crippen molar-refractivity contribution < 1.29 is 13.2 Å². The highest BCUT2D eigenvalue weighted by atomic mass is 19.4. The molecule has 1 aromatic carbocycles. The van der Waals surface area contributed by atoms with Gasteiger partial charge in [0, 0.05) is 18.1 Å². The number of rotatable bonds is 4. The summed E-state index contributed by atoms with van der Waals surface area (Å²) in [7, 11) is 0. The van der Waals surface area contributed by atoms with Crippen LogP contribution in [0, 0.1) is 0 Å². The molecule has 1 heterocycles. The van der Waals surface area contributed by atoms with Crippen molar-refractivity contribution in [3.8, 4) is 0 Å². The molecule has 0 fully saturated rings. The van der Waals surface area contributed by atoms with Crippen molar-refractivity contribution in [1.82, 2.24) is 4.57 Å². The molecule has 1 aromatic heterocycles. The highest BCUT2D eigenvalue weighted by Gasteiger charge is 2.34. The lowest BCUT2D eigenvalue weighted by Gasteiger charge is -2.11. The first-order valence-electron chi connectivity index (χ1n) is 6.37.